The molecule has 0 amide bonds. The van der Waals surface area contributed by atoms with Crippen LogP contribution in [-0.2, 0) is 4.74 Å². The maximum Gasteiger partial charge on any atom is 0.0774 e. The Kier molecular flexibility index (Phi) is 11.3. The molecular weight excluding hydrogens is 392 g/mol. The van der Waals surface area contributed by atoms with Crippen molar-refractivity contribution in [1.29, 1.82) is 0 Å². The fourth-order valence-electron chi connectivity index (χ4n) is 2.92. The minimum Gasteiger partial charge on any atom is -0.367 e. The van der Waals surface area contributed by atoms with Crippen molar-refractivity contribution >= 4 is 23.5 Å². The fourth-order valence-corrected chi connectivity index (χ4v) is 4.37. The van der Waals surface area contributed by atoms with Crippen LogP contribution in [-0.4, -0.2) is 12.2 Å². The predicted octanol–water partition coefficient (Wildman–Crippen LogP) is 8.44. The molecular formula is C26H34OS2. The summed E-state index contributed by atoms with van der Waals surface area (Å²) in [6, 6.07) is 21.0. The van der Waals surface area contributed by atoms with Crippen LogP contribution in [0.4, 0.5) is 0 Å². The monoisotopic (exact) mass is 426 g/mol. The Labute approximate surface area is 186 Å². The lowest BCUT2D eigenvalue weighted by Crippen LogP contribution is -2.22. The molecule has 0 fully saturated rings. The maximum atomic E-state index is 6.55. The quantitative estimate of drug-likeness (QED) is 0.315. The van der Waals surface area contributed by atoms with Crippen LogP contribution in [0.15, 0.2) is 93.4 Å². The van der Waals surface area contributed by atoms with Gasteiger partial charge in [-0.25, -0.2) is 0 Å². The lowest BCUT2D eigenvalue weighted by Gasteiger charge is -2.23. The molecule has 0 aromatic heterocycles. The first-order chi connectivity index (χ1) is 14.0. The topological polar surface area (TPSA) is 9.23 Å². The summed E-state index contributed by atoms with van der Waals surface area (Å²) in [6.07, 6.45) is 6.76. The number of rotatable bonds is 12. The largest absolute Gasteiger partial charge is 0.367 e. The summed E-state index contributed by atoms with van der Waals surface area (Å²) >= 11 is 3.50. The summed E-state index contributed by atoms with van der Waals surface area (Å²) in [6.45, 7) is 9.03. The van der Waals surface area contributed by atoms with E-state index in [4.69, 9.17) is 4.74 Å². The Hall–Kier alpha value is -1.42. The van der Waals surface area contributed by atoms with Crippen molar-refractivity contribution in [3.05, 3.63) is 83.6 Å². The first kappa shape index (κ1) is 23.9. The molecule has 0 aliphatic carbocycles. The summed E-state index contributed by atoms with van der Waals surface area (Å²) < 4.78 is 6.55. The van der Waals surface area contributed by atoms with E-state index in [0.717, 1.165) is 12.8 Å². The first-order valence-electron chi connectivity index (χ1n) is 10.4. The van der Waals surface area contributed by atoms with Gasteiger partial charge >= 0.3 is 0 Å². The van der Waals surface area contributed by atoms with Gasteiger partial charge < -0.3 is 4.74 Å². The molecule has 0 spiro atoms. The third-order valence-corrected chi connectivity index (χ3v) is 5.91. The lowest BCUT2D eigenvalue weighted by molar-refractivity contribution is 0.0201. The Morgan fingerprint density at radius 1 is 0.655 bits per heavy atom. The molecule has 0 aliphatic rings. The molecule has 0 saturated carbocycles. The molecule has 156 valence electrons. The van der Waals surface area contributed by atoms with E-state index in [1.54, 1.807) is 23.5 Å². The van der Waals surface area contributed by atoms with E-state index in [2.05, 4.69) is 111 Å². The minimum atomic E-state index is 0.126. The Bertz CT molecular complexity index is 659. The Balaban J connectivity index is 1.99. The van der Waals surface area contributed by atoms with Gasteiger partial charge in [-0.05, 0) is 71.9 Å². The normalized spacial score (nSPS) is 14.3. The van der Waals surface area contributed by atoms with E-state index in [1.165, 1.54) is 9.79 Å². The van der Waals surface area contributed by atoms with Crippen LogP contribution in [0.3, 0.4) is 0 Å². The van der Waals surface area contributed by atoms with Crippen molar-refractivity contribution in [2.75, 3.05) is 0 Å². The summed E-state index contributed by atoms with van der Waals surface area (Å²) in [5.74, 6) is 1.18. The minimum absolute atomic E-state index is 0.126. The van der Waals surface area contributed by atoms with Crippen molar-refractivity contribution in [2.24, 2.45) is 11.8 Å². The van der Waals surface area contributed by atoms with Gasteiger partial charge in [-0.1, -0.05) is 87.6 Å². The molecule has 0 bridgehead atoms. The first-order valence-corrected chi connectivity index (χ1v) is 12.2. The van der Waals surface area contributed by atoms with Crippen LogP contribution in [0.5, 0.6) is 0 Å². The highest BCUT2D eigenvalue weighted by Gasteiger charge is 2.15. The molecule has 0 heterocycles. The van der Waals surface area contributed by atoms with Crippen molar-refractivity contribution in [3.63, 3.8) is 0 Å². The van der Waals surface area contributed by atoms with Gasteiger partial charge in [-0.15, -0.1) is 0 Å². The Morgan fingerprint density at radius 2 is 1.03 bits per heavy atom. The molecule has 0 aliphatic heterocycles. The third kappa shape index (κ3) is 10.8. The average Bonchev–Trinajstić information content (AvgIpc) is 2.68. The van der Waals surface area contributed by atoms with Gasteiger partial charge in [0.05, 0.1) is 12.2 Å². The second-order valence-electron chi connectivity index (χ2n) is 7.99. The van der Waals surface area contributed by atoms with E-state index >= 15 is 0 Å². The standard InChI is InChI=1S/C26H34OS2/c1-21(2)19-23(15-17-28-25-11-7-5-8-12-25)27-24(20-22(3)4)16-18-29-26-13-9-6-10-14-26/h5-18,21-24H,19-20H2,1-4H3. The van der Waals surface area contributed by atoms with Crippen LogP contribution in [0.1, 0.15) is 40.5 Å². The molecule has 2 unspecified atom stereocenters. The predicted molar refractivity (Wildman–Crippen MR) is 130 cm³/mol. The SMILES string of the molecule is CC(C)CC(C=CSc1ccccc1)OC(C=CSc1ccccc1)CC(C)C. The third-order valence-electron chi connectivity index (χ3n) is 4.24. The van der Waals surface area contributed by atoms with Crippen molar-refractivity contribution in [2.45, 2.75) is 62.5 Å². The van der Waals surface area contributed by atoms with E-state index in [9.17, 15) is 0 Å². The van der Waals surface area contributed by atoms with Gasteiger partial charge in [0.1, 0.15) is 0 Å². The molecule has 2 aromatic rings. The van der Waals surface area contributed by atoms with Gasteiger partial charge in [-0.3, -0.25) is 0 Å². The zero-order chi connectivity index (χ0) is 20.9. The summed E-state index contributed by atoms with van der Waals surface area (Å²) in [4.78, 5) is 2.51. The molecule has 3 heteroatoms. The van der Waals surface area contributed by atoms with Crippen LogP contribution in [0.25, 0.3) is 0 Å². The molecule has 2 atom stereocenters. The molecule has 1 nitrogen and oxygen atoms in total. The number of thioether (sulfide) groups is 2. The van der Waals surface area contributed by atoms with Crippen molar-refractivity contribution < 1.29 is 4.74 Å². The summed E-state index contributed by atoms with van der Waals surface area (Å²) in [5, 5.41) is 4.36. The van der Waals surface area contributed by atoms with Crippen molar-refractivity contribution in [1.82, 2.24) is 0 Å². The van der Waals surface area contributed by atoms with Crippen LogP contribution in [0, 0.1) is 11.8 Å². The molecule has 2 aromatic carbocycles. The molecule has 0 radical (unpaired) electrons. The lowest BCUT2D eigenvalue weighted by atomic mass is 10.0. The number of hydrogen-bond donors (Lipinski definition) is 0. The molecule has 0 N–H and O–H groups in total. The van der Waals surface area contributed by atoms with E-state index in [0.29, 0.717) is 11.8 Å². The van der Waals surface area contributed by atoms with Gasteiger partial charge in [0, 0.05) is 9.79 Å². The van der Waals surface area contributed by atoms with E-state index < -0.39 is 0 Å². The zero-order valence-corrected chi connectivity index (χ0v) is 19.7. The smallest absolute Gasteiger partial charge is 0.0774 e. The average molecular weight is 427 g/mol. The molecule has 29 heavy (non-hydrogen) atoms. The number of ether oxygens (including phenoxy) is 1. The van der Waals surface area contributed by atoms with Gasteiger partial charge in [0.2, 0.25) is 0 Å². The fraction of sp³-hybridized carbons (Fsp3) is 0.385. The van der Waals surface area contributed by atoms with E-state index in [-0.39, 0.29) is 12.2 Å². The Morgan fingerprint density at radius 3 is 1.38 bits per heavy atom. The highest BCUT2D eigenvalue weighted by atomic mass is 32.2. The van der Waals surface area contributed by atoms with Gasteiger partial charge in [0.15, 0.2) is 0 Å². The number of benzene rings is 2. The van der Waals surface area contributed by atoms with Gasteiger partial charge in [-0.2, -0.15) is 0 Å². The number of hydrogen-bond acceptors (Lipinski definition) is 3. The molecule has 2 rings (SSSR count). The van der Waals surface area contributed by atoms with Crippen LogP contribution < -0.4 is 0 Å². The van der Waals surface area contributed by atoms with Gasteiger partial charge in [0.25, 0.3) is 0 Å². The van der Waals surface area contributed by atoms with Crippen LogP contribution >= 0.6 is 23.5 Å². The van der Waals surface area contributed by atoms with Crippen molar-refractivity contribution in [3.8, 4) is 0 Å². The summed E-state index contributed by atoms with van der Waals surface area (Å²) in [5.41, 5.74) is 0. The van der Waals surface area contributed by atoms with E-state index in [1.807, 2.05) is 0 Å². The second-order valence-corrected chi connectivity index (χ2v) is 9.95. The second kappa shape index (κ2) is 13.7. The summed E-state index contributed by atoms with van der Waals surface area (Å²) in [7, 11) is 0. The van der Waals surface area contributed by atoms with Crippen LogP contribution in [0.2, 0.25) is 0 Å². The molecule has 0 saturated heterocycles. The maximum absolute atomic E-state index is 6.55. The highest BCUT2D eigenvalue weighted by Crippen LogP contribution is 2.24. The zero-order valence-electron chi connectivity index (χ0n) is 18.0. The highest BCUT2D eigenvalue weighted by molar-refractivity contribution is 8.02.